The van der Waals surface area contributed by atoms with Gasteiger partial charge in [0, 0.05) is 10.7 Å². The quantitative estimate of drug-likeness (QED) is 0.731. The van der Waals surface area contributed by atoms with Crippen LogP contribution in [0.15, 0.2) is 6.20 Å². The van der Waals surface area contributed by atoms with Crippen molar-refractivity contribution in [2.75, 3.05) is 0 Å². The van der Waals surface area contributed by atoms with E-state index in [1.807, 2.05) is 0 Å². The van der Waals surface area contributed by atoms with E-state index in [2.05, 4.69) is 4.37 Å². The predicted octanol–water partition coefficient (Wildman–Crippen LogP) is 1.87. The van der Waals surface area contributed by atoms with Crippen LogP contribution in [0.5, 0.6) is 0 Å². The number of aromatic nitrogens is 1. The summed E-state index contributed by atoms with van der Waals surface area (Å²) in [4.78, 5) is 0.474. The normalized spacial score (nSPS) is 11.8. The molecule has 1 rings (SSSR count). The Morgan fingerprint density at radius 2 is 2.27 bits per heavy atom. The maximum atomic E-state index is 10.5. The van der Waals surface area contributed by atoms with Gasteiger partial charge < -0.3 is 0 Å². The summed E-state index contributed by atoms with van der Waals surface area (Å²) in [7, 11) is 1.48. The second-order valence-electron chi connectivity index (χ2n) is 1.78. The van der Waals surface area contributed by atoms with Crippen molar-refractivity contribution < 1.29 is 8.42 Å². The van der Waals surface area contributed by atoms with Gasteiger partial charge >= 0.3 is 0 Å². The third-order valence-electron chi connectivity index (χ3n) is 0.899. The van der Waals surface area contributed by atoms with Crippen LogP contribution < -0.4 is 0 Å². The van der Waals surface area contributed by atoms with E-state index in [-0.39, 0.29) is 5.75 Å². The molecule has 0 aliphatic carbocycles. The fourth-order valence-corrected chi connectivity index (χ4v) is 2.95. The molecule has 0 amide bonds. The summed E-state index contributed by atoms with van der Waals surface area (Å²) in [6, 6.07) is 0. The van der Waals surface area contributed by atoms with Crippen molar-refractivity contribution in [2.45, 2.75) is 5.75 Å². The monoisotopic (exact) mass is 231 g/mol. The summed E-state index contributed by atoms with van der Waals surface area (Å²) < 4.78 is 24.8. The highest BCUT2D eigenvalue weighted by atomic mass is 35.7. The average molecular weight is 232 g/mol. The molecule has 0 fully saturated rings. The van der Waals surface area contributed by atoms with Crippen LogP contribution in [0.4, 0.5) is 0 Å². The molecule has 0 aliphatic rings. The van der Waals surface area contributed by atoms with Crippen molar-refractivity contribution in [1.82, 2.24) is 4.37 Å². The van der Waals surface area contributed by atoms with Crippen molar-refractivity contribution in [3.05, 3.63) is 16.1 Å². The third-order valence-corrected chi connectivity index (χ3v) is 3.28. The highest BCUT2D eigenvalue weighted by Gasteiger charge is 2.11. The van der Waals surface area contributed by atoms with Gasteiger partial charge in [0.15, 0.2) is 0 Å². The van der Waals surface area contributed by atoms with Crippen LogP contribution >= 0.6 is 33.8 Å². The minimum atomic E-state index is -3.51. The van der Waals surface area contributed by atoms with Crippen LogP contribution in [-0.4, -0.2) is 12.8 Å². The van der Waals surface area contributed by atoms with E-state index < -0.39 is 9.05 Å². The lowest BCUT2D eigenvalue weighted by atomic mass is 10.5. The lowest BCUT2D eigenvalue weighted by Crippen LogP contribution is -1.92. The summed E-state index contributed by atoms with van der Waals surface area (Å²) in [6.45, 7) is 0. The highest BCUT2D eigenvalue weighted by Crippen LogP contribution is 2.22. The summed E-state index contributed by atoms with van der Waals surface area (Å²) >= 11 is 6.60. The first-order chi connectivity index (χ1) is 4.99. The molecular formula is C4H3Cl2NO2S2. The van der Waals surface area contributed by atoms with Crippen molar-refractivity contribution in [3.8, 4) is 0 Å². The van der Waals surface area contributed by atoms with Gasteiger partial charge in [-0.25, -0.2) is 8.42 Å². The topological polar surface area (TPSA) is 47.0 Å². The van der Waals surface area contributed by atoms with Crippen molar-refractivity contribution in [2.24, 2.45) is 0 Å². The maximum absolute atomic E-state index is 10.5. The van der Waals surface area contributed by atoms with E-state index in [4.69, 9.17) is 22.3 Å². The first-order valence-corrected chi connectivity index (χ1v) is 6.13. The van der Waals surface area contributed by atoms with Gasteiger partial charge in [-0.2, -0.15) is 4.37 Å². The Kier molecular flexibility index (Phi) is 2.74. The van der Waals surface area contributed by atoms with Gasteiger partial charge in [0.25, 0.3) is 0 Å². The molecule has 3 nitrogen and oxygen atoms in total. The molecule has 0 saturated carbocycles. The molecule has 0 aromatic carbocycles. The summed E-state index contributed by atoms with van der Waals surface area (Å²) in [5, 5.41) is 0.347. The molecule has 0 bridgehead atoms. The van der Waals surface area contributed by atoms with Crippen LogP contribution in [0, 0.1) is 0 Å². The lowest BCUT2D eigenvalue weighted by Gasteiger charge is -1.90. The zero-order valence-corrected chi connectivity index (χ0v) is 8.27. The standard InChI is InChI=1S/C4H3Cl2NO2S2/c5-3-1-7-10-4(3)2-11(6,8)9/h1H,2H2. The molecular weight excluding hydrogens is 229 g/mol. The minimum Gasteiger partial charge on any atom is -0.212 e. The van der Waals surface area contributed by atoms with Gasteiger partial charge in [-0.3, -0.25) is 0 Å². The Balaban J connectivity index is 2.89. The molecule has 0 saturated heterocycles. The molecule has 0 atom stereocenters. The van der Waals surface area contributed by atoms with E-state index >= 15 is 0 Å². The van der Waals surface area contributed by atoms with Crippen LogP contribution in [0.25, 0.3) is 0 Å². The number of hydrogen-bond donors (Lipinski definition) is 0. The Morgan fingerprint density at radius 3 is 2.64 bits per heavy atom. The van der Waals surface area contributed by atoms with Crippen LogP contribution in [-0.2, 0) is 14.8 Å². The van der Waals surface area contributed by atoms with Crippen molar-refractivity contribution in [1.29, 1.82) is 0 Å². The zero-order valence-electron chi connectivity index (χ0n) is 5.12. The van der Waals surface area contributed by atoms with Crippen LogP contribution in [0.2, 0.25) is 5.02 Å². The first-order valence-electron chi connectivity index (χ1n) is 2.50. The van der Waals surface area contributed by atoms with Gasteiger partial charge in [-0.1, -0.05) is 11.6 Å². The number of halogens is 2. The van der Waals surface area contributed by atoms with Gasteiger partial charge in [0.2, 0.25) is 9.05 Å². The Morgan fingerprint density at radius 1 is 1.64 bits per heavy atom. The highest BCUT2D eigenvalue weighted by molar-refractivity contribution is 8.13. The number of hydrogen-bond acceptors (Lipinski definition) is 4. The molecule has 62 valence electrons. The minimum absolute atomic E-state index is 0.252. The van der Waals surface area contributed by atoms with Crippen molar-refractivity contribution in [3.63, 3.8) is 0 Å². The summed E-state index contributed by atoms with van der Waals surface area (Å²) in [5.41, 5.74) is 0. The Bertz CT molecular complexity index is 345. The molecule has 0 unspecified atom stereocenters. The Labute approximate surface area is 77.5 Å². The molecule has 11 heavy (non-hydrogen) atoms. The van der Waals surface area contributed by atoms with E-state index in [9.17, 15) is 8.42 Å². The van der Waals surface area contributed by atoms with E-state index in [0.29, 0.717) is 9.90 Å². The van der Waals surface area contributed by atoms with Crippen LogP contribution in [0.3, 0.4) is 0 Å². The molecule has 1 aromatic heterocycles. The molecule has 7 heteroatoms. The fourth-order valence-electron chi connectivity index (χ4n) is 0.504. The summed E-state index contributed by atoms with van der Waals surface area (Å²) in [5.74, 6) is -0.252. The smallest absolute Gasteiger partial charge is 0.212 e. The molecule has 0 aliphatic heterocycles. The SMILES string of the molecule is O=S(=O)(Cl)Cc1sncc1Cl. The number of nitrogens with zero attached hydrogens (tertiary/aromatic N) is 1. The summed E-state index contributed by atoms with van der Waals surface area (Å²) in [6.07, 6.45) is 1.39. The molecule has 1 heterocycles. The molecule has 0 N–H and O–H groups in total. The van der Waals surface area contributed by atoms with Gasteiger partial charge in [-0.15, -0.1) is 0 Å². The lowest BCUT2D eigenvalue weighted by molar-refractivity contribution is 0.609. The van der Waals surface area contributed by atoms with Gasteiger partial charge in [0.05, 0.1) is 16.1 Å². The zero-order chi connectivity index (χ0) is 8.48. The average Bonchev–Trinajstić information content (AvgIpc) is 2.12. The van der Waals surface area contributed by atoms with Gasteiger partial charge in [-0.05, 0) is 11.5 Å². The van der Waals surface area contributed by atoms with Crippen LogP contribution in [0.1, 0.15) is 4.88 Å². The second-order valence-corrected chi connectivity index (χ2v) is 5.85. The fraction of sp³-hybridized carbons (Fsp3) is 0.250. The first kappa shape index (κ1) is 9.25. The Hall–Kier alpha value is 0.160. The molecule has 0 spiro atoms. The maximum Gasteiger partial charge on any atom is 0.237 e. The van der Waals surface area contributed by atoms with E-state index in [0.717, 1.165) is 11.5 Å². The second kappa shape index (κ2) is 3.26. The van der Waals surface area contributed by atoms with Crippen molar-refractivity contribution >= 4 is 42.9 Å². The van der Waals surface area contributed by atoms with E-state index in [1.165, 1.54) is 6.20 Å². The third kappa shape index (κ3) is 2.94. The molecule has 1 aromatic rings. The molecule has 0 radical (unpaired) electrons. The van der Waals surface area contributed by atoms with E-state index in [1.54, 1.807) is 0 Å². The number of rotatable bonds is 2. The van der Waals surface area contributed by atoms with Gasteiger partial charge in [0.1, 0.15) is 5.75 Å². The predicted molar refractivity (Wildman–Crippen MR) is 45.6 cm³/mol. The largest absolute Gasteiger partial charge is 0.237 e.